The summed E-state index contributed by atoms with van der Waals surface area (Å²) < 4.78 is 6.03. The normalized spacial score (nSPS) is 10.4. The van der Waals surface area contributed by atoms with Gasteiger partial charge < -0.3 is 9.64 Å². The van der Waals surface area contributed by atoms with Crippen LogP contribution in [-0.2, 0) is 16.1 Å². The van der Waals surface area contributed by atoms with Crippen LogP contribution in [0.15, 0.2) is 15.9 Å². The second-order valence-corrected chi connectivity index (χ2v) is 5.96. The third kappa shape index (κ3) is 4.41. The van der Waals surface area contributed by atoms with Crippen LogP contribution in [0.1, 0.15) is 4.88 Å². The Morgan fingerprint density at radius 2 is 2.38 bits per heavy atom. The first-order valence-corrected chi connectivity index (χ1v) is 6.88. The Labute approximate surface area is 112 Å². The third-order valence-electron chi connectivity index (χ3n) is 2.01. The van der Waals surface area contributed by atoms with Gasteiger partial charge in [0.25, 0.3) is 0 Å². The van der Waals surface area contributed by atoms with Crippen molar-refractivity contribution in [3.05, 3.63) is 20.8 Å². The predicted octanol–water partition coefficient (Wildman–Crippen LogP) is 2.72. The zero-order chi connectivity index (χ0) is 12.0. The summed E-state index contributed by atoms with van der Waals surface area (Å²) >= 11 is 10.6. The van der Waals surface area contributed by atoms with E-state index in [2.05, 4.69) is 15.9 Å². The van der Waals surface area contributed by atoms with Crippen LogP contribution in [0.3, 0.4) is 0 Å². The van der Waals surface area contributed by atoms with Crippen molar-refractivity contribution in [2.24, 2.45) is 0 Å². The molecule has 0 saturated heterocycles. The molecule has 1 rings (SSSR count). The number of rotatable bonds is 6. The fourth-order valence-corrected chi connectivity index (χ4v) is 2.87. The Balaban J connectivity index is 2.59. The van der Waals surface area contributed by atoms with E-state index in [0.717, 1.165) is 8.66 Å². The van der Waals surface area contributed by atoms with Crippen LogP contribution in [-0.4, -0.2) is 36.9 Å². The van der Waals surface area contributed by atoms with Crippen LogP contribution >= 0.6 is 38.9 Å². The van der Waals surface area contributed by atoms with E-state index in [1.165, 1.54) is 0 Å². The average molecular weight is 327 g/mol. The zero-order valence-electron chi connectivity index (χ0n) is 8.91. The van der Waals surface area contributed by atoms with E-state index in [1.807, 2.05) is 12.1 Å². The van der Waals surface area contributed by atoms with Crippen LogP contribution < -0.4 is 0 Å². The number of methoxy groups -OCH3 is 1. The molecule has 90 valence electrons. The molecule has 0 N–H and O–H groups in total. The monoisotopic (exact) mass is 325 g/mol. The quantitative estimate of drug-likeness (QED) is 0.752. The molecule has 1 aromatic rings. The van der Waals surface area contributed by atoms with Crippen LogP contribution in [0.25, 0.3) is 0 Å². The molecular formula is C10H13BrClNO2S. The highest BCUT2D eigenvalue weighted by Gasteiger charge is 2.13. The molecule has 3 nitrogen and oxygen atoms in total. The average Bonchev–Trinajstić information content (AvgIpc) is 2.69. The van der Waals surface area contributed by atoms with Crippen molar-refractivity contribution < 1.29 is 9.53 Å². The molecule has 0 aliphatic heterocycles. The van der Waals surface area contributed by atoms with Crippen molar-refractivity contribution in [1.82, 2.24) is 4.90 Å². The first-order valence-electron chi connectivity index (χ1n) is 4.74. The summed E-state index contributed by atoms with van der Waals surface area (Å²) in [5.74, 6) is -0.0563. The Kier molecular flexibility index (Phi) is 6.34. The van der Waals surface area contributed by atoms with Gasteiger partial charge in [-0.1, -0.05) is 0 Å². The number of amides is 1. The molecule has 1 aromatic heterocycles. The highest BCUT2D eigenvalue weighted by atomic mass is 79.9. The Bertz CT molecular complexity index is 345. The van der Waals surface area contributed by atoms with E-state index < -0.39 is 0 Å². The Morgan fingerprint density at radius 3 is 2.88 bits per heavy atom. The number of ether oxygens (including phenoxy) is 1. The van der Waals surface area contributed by atoms with Gasteiger partial charge in [0, 0.05) is 18.5 Å². The number of thiophene rings is 1. The summed E-state index contributed by atoms with van der Waals surface area (Å²) in [6.07, 6.45) is 0. The van der Waals surface area contributed by atoms with Crippen molar-refractivity contribution in [2.75, 3.05) is 26.1 Å². The van der Waals surface area contributed by atoms with Gasteiger partial charge >= 0.3 is 0 Å². The first-order chi connectivity index (χ1) is 7.67. The number of halogens is 2. The molecule has 0 fully saturated rings. The molecular weight excluding hydrogens is 314 g/mol. The lowest BCUT2D eigenvalue weighted by atomic mass is 10.4. The van der Waals surface area contributed by atoms with Crippen molar-refractivity contribution in [3.8, 4) is 0 Å². The first kappa shape index (κ1) is 14.0. The molecule has 16 heavy (non-hydrogen) atoms. The summed E-state index contributed by atoms with van der Waals surface area (Å²) in [6.45, 7) is 1.68. The molecule has 0 atom stereocenters. The largest absolute Gasteiger partial charge is 0.383 e. The fourth-order valence-electron chi connectivity index (χ4n) is 1.20. The predicted molar refractivity (Wildman–Crippen MR) is 70.0 cm³/mol. The standard InChI is InChI=1S/C10H13BrClNO2S/c1-15-5-4-13(10(14)6-12)7-8-2-3-9(11)16-8/h2-3H,4-7H2,1H3. The van der Waals surface area contributed by atoms with Crippen LogP contribution in [0.5, 0.6) is 0 Å². The number of hydrogen-bond donors (Lipinski definition) is 0. The van der Waals surface area contributed by atoms with Crippen LogP contribution in [0.4, 0.5) is 0 Å². The van der Waals surface area contributed by atoms with Gasteiger partial charge in [-0.05, 0) is 28.1 Å². The minimum Gasteiger partial charge on any atom is -0.383 e. The SMILES string of the molecule is COCCN(Cc1ccc(Br)s1)C(=O)CCl. The molecule has 0 aliphatic carbocycles. The van der Waals surface area contributed by atoms with E-state index in [9.17, 15) is 4.79 Å². The van der Waals surface area contributed by atoms with Crippen molar-refractivity contribution >= 4 is 44.8 Å². The number of nitrogens with zero attached hydrogens (tertiary/aromatic N) is 1. The van der Waals surface area contributed by atoms with Gasteiger partial charge in [-0.3, -0.25) is 4.79 Å². The molecule has 0 radical (unpaired) electrons. The van der Waals surface area contributed by atoms with Gasteiger partial charge in [0.1, 0.15) is 5.88 Å². The summed E-state index contributed by atoms with van der Waals surface area (Å²) in [5.41, 5.74) is 0. The van der Waals surface area contributed by atoms with Crippen LogP contribution in [0.2, 0.25) is 0 Å². The molecule has 0 saturated carbocycles. The zero-order valence-corrected chi connectivity index (χ0v) is 12.1. The highest BCUT2D eigenvalue weighted by molar-refractivity contribution is 9.11. The number of carbonyl (C=O) groups is 1. The third-order valence-corrected chi connectivity index (χ3v) is 3.84. The summed E-state index contributed by atoms with van der Waals surface area (Å²) in [7, 11) is 1.62. The Hall–Kier alpha value is -0.100. The van der Waals surface area contributed by atoms with E-state index in [0.29, 0.717) is 19.7 Å². The second-order valence-electron chi connectivity index (χ2n) is 3.15. The van der Waals surface area contributed by atoms with Gasteiger partial charge in [0.15, 0.2) is 0 Å². The molecule has 0 aromatic carbocycles. The van der Waals surface area contributed by atoms with Gasteiger partial charge in [-0.2, -0.15) is 0 Å². The van der Waals surface area contributed by atoms with Gasteiger partial charge in [-0.25, -0.2) is 0 Å². The van der Waals surface area contributed by atoms with Crippen molar-refractivity contribution in [3.63, 3.8) is 0 Å². The molecule has 0 aliphatic rings. The number of hydrogen-bond acceptors (Lipinski definition) is 3. The van der Waals surface area contributed by atoms with Crippen molar-refractivity contribution in [1.29, 1.82) is 0 Å². The lowest BCUT2D eigenvalue weighted by Crippen LogP contribution is -2.34. The summed E-state index contributed by atoms with van der Waals surface area (Å²) in [4.78, 5) is 14.4. The van der Waals surface area contributed by atoms with Gasteiger partial charge in [-0.15, -0.1) is 22.9 Å². The van der Waals surface area contributed by atoms with E-state index >= 15 is 0 Å². The summed E-state index contributed by atoms with van der Waals surface area (Å²) in [5, 5.41) is 0. The fraction of sp³-hybridized carbons (Fsp3) is 0.500. The van der Waals surface area contributed by atoms with E-state index in [-0.39, 0.29) is 11.8 Å². The van der Waals surface area contributed by atoms with Crippen LogP contribution in [0, 0.1) is 0 Å². The molecule has 1 amide bonds. The second kappa shape index (κ2) is 7.27. The minimum atomic E-state index is -0.0664. The number of alkyl halides is 1. The highest BCUT2D eigenvalue weighted by Crippen LogP contribution is 2.23. The van der Waals surface area contributed by atoms with Crippen molar-refractivity contribution in [2.45, 2.75) is 6.54 Å². The molecule has 0 unspecified atom stereocenters. The maximum absolute atomic E-state index is 11.6. The van der Waals surface area contributed by atoms with E-state index in [4.69, 9.17) is 16.3 Å². The lowest BCUT2D eigenvalue weighted by molar-refractivity contribution is -0.129. The van der Waals surface area contributed by atoms with E-state index in [1.54, 1.807) is 23.3 Å². The topological polar surface area (TPSA) is 29.5 Å². The lowest BCUT2D eigenvalue weighted by Gasteiger charge is -2.20. The molecule has 0 spiro atoms. The van der Waals surface area contributed by atoms with Gasteiger partial charge in [0.2, 0.25) is 5.91 Å². The molecule has 1 heterocycles. The van der Waals surface area contributed by atoms with Gasteiger partial charge in [0.05, 0.1) is 16.9 Å². The Morgan fingerprint density at radius 1 is 1.62 bits per heavy atom. The molecule has 6 heteroatoms. The molecule has 0 bridgehead atoms. The number of carbonyl (C=O) groups excluding carboxylic acids is 1. The summed E-state index contributed by atoms with van der Waals surface area (Å²) in [6, 6.07) is 3.97. The minimum absolute atomic E-state index is 0.0102. The maximum atomic E-state index is 11.6. The smallest absolute Gasteiger partial charge is 0.237 e. The maximum Gasteiger partial charge on any atom is 0.237 e.